The monoisotopic (exact) mass is 509 g/mol. The maximum absolute atomic E-state index is 14.1. The van der Waals surface area contributed by atoms with E-state index in [-0.39, 0.29) is 5.43 Å². The van der Waals surface area contributed by atoms with Gasteiger partial charge in [0, 0.05) is 13.1 Å². The minimum Gasteiger partial charge on any atom is -0.496 e. The van der Waals surface area contributed by atoms with Gasteiger partial charge in [-0.3, -0.25) is 4.79 Å². The number of ether oxygens (including phenoxy) is 3. The number of fused-ring (bicyclic) bond motifs is 6. The third-order valence-corrected chi connectivity index (χ3v) is 7.43. The van der Waals surface area contributed by atoms with Crippen LogP contribution in [0.5, 0.6) is 11.5 Å². The fourth-order valence-corrected chi connectivity index (χ4v) is 5.60. The lowest BCUT2D eigenvalue weighted by Crippen LogP contribution is -2.51. The molecule has 0 bridgehead atoms. The van der Waals surface area contributed by atoms with Gasteiger partial charge < -0.3 is 23.9 Å². The summed E-state index contributed by atoms with van der Waals surface area (Å²) in [5.74, 6) is 0.143. The molecule has 7 nitrogen and oxygen atoms in total. The highest BCUT2D eigenvalue weighted by Crippen LogP contribution is 2.47. The summed E-state index contributed by atoms with van der Waals surface area (Å²) in [7, 11) is 3.35. The average Bonchev–Trinajstić information content (AvgIpc) is 2.92. The standard InChI is InChI=1S/C31H27NO6/c1-31(2)29(37-30(35)18-11-6-5-7-12-18)28(34)25-22(38-31)16-21(36-4)24-26(25)32(3)20-15-14-17-10-8-9-13-19(17)23(20)27(24)33/h5-16,28-29,34H,1-4H3/t28-,29-/m1/s1. The molecule has 1 aliphatic heterocycles. The summed E-state index contributed by atoms with van der Waals surface area (Å²) in [6.45, 7) is 3.51. The van der Waals surface area contributed by atoms with Gasteiger partial charge in [-0.15, -0.1) is 0 Å². The number of aliphatic hydroxyl groups excluding tert-OH is 1. The number of nitrogens with zero attached hydrogens (tertiary/aromatic N) is 1. The van der Waals surface area contributed by atoms with Crippen LogP contribution < -0.4 is 14.9 Å². The van der Waals surface area contributed by atoms with Gasteiger partial charge in [-0.1, -0.05) is 48.5 Å². The van der Waals surface area contributed by atoms with Crippen molar-refractivity contribution < 1.29 is 24.1 Å². The Balaban J connectivity index is 1.63. The number of rotatable bonds is 3. The molecule has 2 atom stereocenters. The zero-order valence-electron chi connectivity index (χ0n) is 21.5. The lowest BCUT2D eigenvalue weighted by atomic mass is 9.86. The molecule has 192 valence electrons. The van der Waals surface area contributed by atoms with Gasteiger partial charge in [-0.05, 0) is 42.8 Å². The molecule has 1 aromatic heterocycles. The van der Waals surface area contributed by atoms with Gasteiger partial charge in [0.15, 0.2) is 6.10 Å². The lowest BCUT2D eigenvalue weighted by molar-refractivity contribution is -0.118. The molecule has 0 amide bonds. The van der Waals surface area contributed by atoms with E-state index in [0.29, 0.717) is 44.4 Å². The Morgan fingerprint density at radius 3 is 2.45 bits per heavy atom. The van der Waals surface area contributed by atoms with Crippen LogP contribution in [0.3, 0.4) is 0 Å². The first-order chi connectivity index (χ1) is 18.2. The molecule has 1 aliphatic rings. The Bertz CT molecular complexity index is 1810. The van der Waals surface area contributed by atoms with E-state index in [4.69, 9.17) is 14.2 Å². The number of pyridine rings is 1. The second-order valence-electron chi connectivity index (χ2n) is 10.1. The molecule has 0 saturated carbocycles. The van der Waals surface area contributed by atoms with Crippen molar-refractivity contribution in [3.8, 4) is 11.5 Å². The van der Waals surface area contributed by atoms with Gasteiger partial charge >= 0.3 is 5.97 Å². The van der Waals surface area contributed by atoms with Crippen molar-refractivity contribution in [2.24, 2.45) is 7.05 Å². The normalized spacial score (nSPS) is 18.2. The molecular weight excluding hydrogens is 482 g/mol. The molecule has 6 rings (SSSR count). The molecule has 38 heavy (non-hydrogen) atoms. The quantitative estimate of drug-likeness (QED) is 0.202. The van der Waals surface area contributed by atoms with Gasteiger partial charge in [0.05, 0.1) is 40.0 Å². The highest BCUT2D eigenvalue weighted by molar-refractivity contribution is 6.11. The van der Waals surface area contributed by atoms with Crippen LogP contribution in [0, 0.1) is 0 Å². The third kappa shape index (κ3) is 3.46. The van der Waals surface area contributed by atoms with Gasteiger partial charge in [-0.2, -0.15) is 0 Å². The van der Waals surface area contributed by atoms with Gasteiger partial charge in [0.25, 0.3) is 0 Å². The smallest absolute Gasteiger partial charge is 0.338 e. The second kappa shape index (κ2) is 8.60. The number of methoxy groups -OCH3 is 1. The highest BCUT2D eigenvalue weighted by Gasteiger charge is 2.48. The Morgan fingerprint density at radius 1 is 1.00 bits per heavy atom. The zero-order valence-corrected chi connectivity index (χ0v) is 21.5. The second-order valence-corrected chi connectivity index (χ2v) is 10.1. The van der Waals surface area contributed by atoms with Crippen LogP contribution in [0.25, 0.3) is 32.6 Å². The number of carbonyl (C=O) groups is 1. The zero-order chi connectivity index (χ0) is 26.8. The maximum Gasteiger partial charge on any atom is 0.338 e. The van der Waals surface area contributed by atoms with Crippen molar-refractivity contribution in [2.45, 2.75) is 31.7 Å². The molecule has 0 radical (unpaired) electrons. The number of benzene rings is 4. The molecular formula is C31H27NO6. The van der Waals surface area contributed by atoms with Crippen molar-refractivity contribution in [3.63, 3.8) is 0 Å². The van der Waals surface area contributed by atoms with Gasteiger partial charge in [0.2, 0.25) is 5.43 Å². The van der Waals surface area contributed by atoms with Crippen molar-refractivity contribution >= 4 is 38.5 Å². The van der Waals surface area contributed by atoms with E-state index in [2.05, 4.69) is 0 Å². The van der Waals surface area contributed by atoms with E-state index in [1.54, 1.807) is 44.2 Å². The molecule has 7 heteroatoms. The minimum atomic E-state index is -1.27. The Labute approximate surface area is 218 Å². The number of aromatic nitrogens is 1. The molecule has 1 N–H and O–H groups in total. The number of aryl methyl sites for hydroxylation is 1. The summed E-state index contributed by atoms with van der Waals surface area (Å²) in [4.78, 5) is 27.1. The molecule has 0 spiro atoms. The first kappa shape index (κ1) is 24.0. The lowest BCUT2D eigenvalue weighted by Gasteiger charge is -2.42. The summed E-state index contributed by atoms with van der Waals surface area (Å²) in [5, 5.41) is 14.4. The first-order valence-electron chi connectivity index (χ1n) is 12.4. The third-order valence-electron chi connectivity index (χ3n) is 7.43. The van der Waals surface area contributed by atoms with Crippen LogP contribution in [0.1, 0.15) is 35.9 Å². The summed E-state index contributed by atoms with van der Waals surface area (Å²) in [5.41, 5.74) is 0.634. The van der Waals surface area contributed by atoms with Crippen LogP contribution in [0.4, 0.5) is 0 Å². The summed E-state index contributed by atoms with van der Waals surface area (Å²) in [6, 6.07) is 21.8. The number of hydrogen-bond donors (Lipinski definition) is 1. The van der Waals surface area contributed by atoms with E-state index in [9.17, 15) is 14.7 Å². The van der Waals surface area contributed by atoms with E-state index in [1.807, 2.05) is 54.1 Å². The Morgan fingerprint density at radius 2 is 1.71 bits per heavy atom. The van der Waals surface area contributed by atoms with E-state index < -0.39 is 23.8 Å². The number of carbonyl (C=O) groups excluding carboxylic acids is 1. The molecule has 2 heterocycles. The van der Waals surface area contributed by atoms with Crippen LogP contribution in [-0.2, 0) is 11.8 Å². The van der Waals surface area contributed by atoms with Crippen LogP contribution in [0.15, 0.2) is 77.6 Å². The van der Waals surface area contributed by atoms with Crippen LogP contribution in [0.2, 0.25) is 0 Å². The van der Waals surface area contributed by atoms with Crippen molar-refractivity contribution in [1.82, 2.24) is 4.57 Å². The topological polar surface area (TPSA) is 87.0 Å². The SMILES string of the molecule is COc1cc2c(c3c1c(=O)c1c4ccccc4ccc1n3C)[C@@H](O)[C@@H](OC(=O)c1ccccc1)C(C)(C)O2. The molecule has 0 aliphatic carbocycles. The number of aliphatic hydroxyl groups is 1. The van der Waals surface area contributed by atoms with E-state index >= 15 is 0 Å². The molecule has 0 saturated heterocycles. The number of esters is 1. The molecule has 0 unspecified atom stereocenters. The van der Waals surface area contributed by atoms with Crippen molar-refractivity contribution in [3.05, 3.63) is 94.1 Å². The highest BCUT2D eigenvalue weighted by atomic mass is 16.6. The number of hydrogen-bond acceptors (Lipinski definition) is 6. The molecule has 5 aromatic rings. The molecule has 4 aromatic carbocycles. The largest absolute Gasteiger partial charge is 0.496 e. The van der Waals surface area contributed by atoms with Crippen LogP contribution in [-0.4, -0.2) is 34.5 Å². The summed E-state index contributed by atoms with van der Waals surface area (Å²) < 4.78 is 19.7. The summed E-state index contributed by atoms with van der Waals surface area (Å²) in [6.07, 6.45) is -2.31. The van der Waals surface area contributed by atoms with E-state index in [0.717, 1.165) is 10.8 Å². The first-order valence-corrected chi connectivity index (χ1v) is 12.4. The Kier molecular flexibility index (Phi) is 5.43. The van der Waals surface area contributed by atoms with Gasteiger partial charge in [0.1, 0.15) is 23.2 Å². The van der Waals surface area contributed by atoms with Crippen molar-refractivity contribution in [2.75, 3.05) is 7.11 Å². The predicted molar refractivity (Wildman–Crippen MR) is 146 cm³/mol. The fourth-order valence-electron chi connectivity index (χ4n) is 5.60. The van der Waals surface area contributed by atoms with E-state index in [1.165, 1.54) is 7.11 Å². The summed E-state index contributed by atoms with van der Waals surface area (Å²) >= 11 is 0. The van der Waals surface area contributed by atoms with Crippen LogP contribution >= 0.6 is 0 Å². The van der Waals surface area contributed by atoms with Gasteiger partial charge in [-0.25, -0.2) is 4.79 Å². The maximum atomic E-state index is 14.1. The Hall–Kier alpha value is -4.36. The average molecular weight is 510 g/mol. The fraction of sp³-hybridized carbons (Fsp3) is 0.226. The molecule has 0 fully saturated rings. The minimum absolute atomic E-state index is 0.209. The van der Waals surface area contributed by atoms with Crippen molar-refractivity contribution in [1.29, 1.82) is 0 Å². The predicted octanol–water partition coefficient (Wildman–Crippen LogP) is 5.28.